The van der Waals surface area contributed by atoms with Crippen molar-refractivity contribution in [3.05, 3.63) is 33.9 Å². The van der Waals surface area contributed by atoms with E-state index in [9.17, 15) is 19.7 Å². The highest BCUT2D eigenvalue weighted by atomic mass is 16.6. The van der Waals surface area contributed by atoms with Crippen LogP contribution in [-0.4, -0.2) is 35.1 Å². The molecule has 1 saturated carbocycles. The highest BCUT2D eigenvalue weighted by molar-refractivity contribution is 5.92. The molecule has 0 aliphatic heterocycles. The molecule has 1 aromatic rings. The molecule has 0 radical (unpaired) electrons. The van der Waals surface area contributed by atoms with Gasteiger partial charge in [-0.1, -0.05) is 0 Å². The van der Waals surface area contributed by atoms with Gasteiger partial charge in [0.2, 0.25) is 0 Å². The smallest absolute Gasteiger partial charge is 0.339 e. The number of nitro benzene ring substituents is 1. The van der Waals surface area contributed by atoms with Gasteiger partial charge in [0.25, 0.3) is 11.6 Å². The molecule has 8 nitrogen and oxygen atoms in total. The number of hydrogen-bond donors (Lipinski definition) is 2. The lowest BCUT2D eigenvalue weighted by molar-refractivity contribution is -0.384. The zero-order valence-electron chi connectivity index (χ0n) is 11.1. The minimum atomic E-state index is -1.35. The van der Waals surface area contributed by atoms with Gasteiger partial charge in [0.1, 0.15) is 11.3 Å². The summed E-state index contributed by atoms with van der Waals surface area (Å²) >= 11 is 0. The Morgan fingerprint density at radius 2 is 2.14 bits per heavy atom. The predicted octanol–water partition coefficient (Wildman–Crippen LogP) is 1.20. The van der Waals surface area contributed by atoms with Gasteiger partial charge in [0.15, 0.2) is 6.61 Å². The van der Waals surface area contributed by atoms with Gasteiger partial charge >= 0.3 is 5.97 Å². The van der Waals surface area contributed by atoms with Gasteiger partial charge in [-0.15, -0.1) is 0 Å². The second kappa shape index (κ2) is 6.21. The maximum absolute atomic E-state index is 11.5. The molecule has 1 amide bonds. The van der Waals surface area contributed by atoms with Crippen molar-refractivity contribution in [2.24, 2.45) is 5.92 Å². The molecule has 1 fully saturated rings. The number of nitrogens with zero attached hydrogens (tertiary/aromatic N) is 1. The Balaban J connectivity index is 1.99. The van der Waals surface area contributed by atoms with Gasteiger partial charge < -0.3 is 15.2 Å². The minimum Gasteiger partial charge on any atom is -0.483 e. The van der Waals surface area contributed by atoms with Crippen molar-refractivity contribution in [2.45, 2.75) is 12.8 Å². The molecule has 0 saturated heterocycles. The van der Waals surface area contributed by atoms with Crippen molar-refractivity contribution in [2.75, 3.05) is 13.2 Å². The summed E-state index contributed by atoms with van der Waals surface area (Å²) in [7, 11) is 0. The van der Waals surface area contributed by atoms with E-state index in [1.165, 1.54) is 6.07 Å². The van der Waals surface area contributed by atoms with Crippen LogP contribution in [0.25, 0.3) is 0 Å². The van der Waals surface area contributed by atoms with Gasteiger partial charge in [0, 0.05) is 18.7 Å². The molecule has 0 unspecified atom stereocenters. The quantitative estimate of drug-likeness (QED) is 0.576. The van der Waals surface area contributed by atoms with Gasteiger partial charge in [-0.2, -0.15) is 0 Å². The van der Waals surface area contributed by atoms with Crippen LogP contribution < -0.4 is 10.1 Å². The Kier molecular flexibility index (Phi) is 4.36. The van der Waals surface area contributed by atoms with Crippen LogP contribution in [0.3, 0.4) is 0 Å². The molecule has 2 rings (SSSR count). The van der Waals surface area contributed by atoms with Crippen LogP contribution in [0.1, 0.15) is 23.2 Å². The maximum atomic E-state index is 11.5. The molecular weight excluding hydrogens is 280 g/mol. The molecule has 0 bridgehead atoms. The fourth-order valence-corrected chi connectivity index (χ4v) is 1.70. The number of carbonyl (C=O) groups excluding carboxylic acids is 1. The summed E-state index contributed by atoms with van der Waals surface area (Å²) < 4.78 is 5.13. The van der Waals surface area contributed by atoms with Crippen LogP contribution in [0.4, 0.5) is 5.69 Å². The summed E-state index contributed by atoms with van der Waals surface area (Å²) in [6.07, 6.45) is 2.21. The topological polar surface area (TPSA) is 119 Å². The number of ether oxygens (including phenoxy) is 1. The lowest BCUT2D eigenvalue weighted by Gasteiger charge is -2.09. The van der Waals surface area contributed by atoms with Gasteiger partial charge in [-0.25, -0.2) is 4.79 Å². The number of carbonyl (C=O) groups is 2. The van der Waals surface area contributed by atoms with E-state index in [-0.39, 0.29) is 29.5 Å². The fourth-order valence-electron chi connectivity index (χ4n) is 1.70. The number of benzene rings is 1. The van der Waals surface area contributed by atoms with Crippen LogP contribution in [0.2, 0.25) is 0 Å². The van der Waals surface area contributed by atoms with Crippen molar-refractivity contribution < 1.29 is 24.4 Å². The Morgan fingerprint density at radius 1 is 1.43 bits per heavy atom. The molecule has 1 aromatic carbocycles. The molecule has 8 heteroatoms. The van der Waals surface area contributed by atoms with Crippen LogP contribution >= 0.6 is 0 Å². The summed E-state index contributed by atoms with van der Waals surface area (Å²) in [6, 6.07) is 3.21. The average Bonchev–Trinajstić information content (AvgIpc) is 3.26. The number of nitro groups is 1. The lowest BCUT2D eigenvalue weighted by Crippen LogP contribution is -2.30. The number of nitrogens with one attached hydrogen (secondary N) is 1. The van der Waals surface area contributed by atoms with Crippen molar-refractivity contribution in [1.82, 2.24) is 5.32 Å². The van der Waals surface area contributed by atoms with Gasteiger partial charge in [0.05, 0.1) is 4.92 Å². The first-order valence-corrected chi connectivity index (χ1v) is 6.38. The van der Waals surface area contributed by atoms with E-state index < -0.39 is 10.9 Å². The Bertz CT molecular complexity index is 582. The summed E-state index contributed by atoms with van der Waals surface area (Å²) in [4.78, 5) is 32.5. The average molecular weight is 294 g/mol. The van der Waals surface area contributed by atoms with Gasteiger partial charge in [-0.3, -0.25) is 14.9 Å². The van der Waals surface area contributed by atoms with E-state index in [1.54, 1.807) is 0 Å². The second-order valence-corrected chi connectivity index (χ2v) is 4.78. The SMILES string of the molecule is O=C(COc1ccc([N+](=O)[O-])cc1C(=O)O)NCC1CC1. The zero-order valence-corrected chi connectivity index (χ0v) is 11.1. The molecule has 1 aliphatic carbocycles. The van der Waals surface area contributed by atoms with E-state index in [4.69, 9.17) is 9.84 Å². The van der Waals surface area contributed by atoms with Crippen LogP contribution in [0, 0.1) is 16.0 Å². The van der Waals surface area contributed by atoms with Crippen molar-refractivity contribution in [1.29, 1.82) is 0 Å². The molecule has 0 spiro atoms. The molecule has 0 aromatic heterocycles. The van der Waals surface area contributed by atoms with Gasteiger partial charge in [-0.05, 0) is 24.8 Å². The number of hydrogen-bond acceptors (Lipinski definition) is 5. The number of non-ortho nitro benzene ring substituents is 1. The van der Waals surface area contributed by atoms with Crippen LogP contribution in [0.5, 0.6) is 5.75 Å². The summed E-state index contributed by atoms with van der Waals surface area (Å²) in [5.74, 6) is -1.25. The fraction of sp³-hybridized carbons (Fsp3) is 0.385. The molecule has 0 heterocycles. The monoisotopic (exact) mass is 294 g/mol. The van der Waals surface area contributed by atoms with E-state index in [0.717, 1.165) is 25.0 Å². The maximum Gasteiger partial charge on any atom is 0.339 e. The molecule has 1 aliphatic rings. The third kappa shape index (κ3) is 4.16. The lowest BCUT2D eigenvalue weighted by atomic mass is 10.2. The van der Waals surface area contributed by atoms with Crippen LogP contribution in [0.15, 0.2) is 18.2 Å². The number of aromatic carboxylic acids is 1. The largest absolute Gasteiger partial charge is 0.483 e. The molecular formula is C13H14N2O6. The van der Waals surface area contributed by atoms with Crippen LogP contribution in [-0.2, 0) is 4.79 Å². The van der Waals surface area contributed by atoms with E-state index in [1.807, 2.05) is 0 Å². The van der Waals surface area contributed by atoms with E-state index in [2.05, 4.69) is 5.32 Å². The number of carboxylic acid groups (broad SMARTS) is 1. The number of rotatable bonds is 7. The molecule has 21 heavy (non-hydrogen) atoms. The van der Waals surface area contributed by atoms with E-state index in [0.29, 0.717) is 12.5 Å². The minimum absolute atomic E-state index is 0.0744. The third-order valence-electron chi connectivity index (χ3n) is 3.05. The first-order valence-electron chi connectivity index (χ1n) is 6.38. The standard InChI is InChI=1S/C13H14N2O6/c16-12(14-6-8-1-2-8)7-21-11-4-3-9(15(19)20)5-10(11)13(17)18/h3-5,8H,1-2,6-7H2,(H,14,16)(H,17,18). The third-order valence-corrected chi connectivity index (χ3v) is 3.05. The number of amides is 1. The second-order valence-electron chi connectivity index (χ2n) is 4.78. The summed E-state index contributed by atoms with van der Waals surface area (Å²) in [5, 5.41) is 22.3. The highest BCUT2D eigenvalue weighted by Gasteiger charge is 2.22. The Hall–Kier alpha value is -2.64. The van der Waals surface area contributed by atoms with Crippen molar-refractivity contribution >= 4 is 17.6 Å². The first-order chi connectivity index (χ1) is 9.97. The Labute approximate surface area is 119 Å². The molecule has 0 atom stereocenters. The highest BCUT2D eigenvalue weighted by Crippen LogP contribution is 2.27. The summed E-state index contributed by atoms with van der Waals surface area (Å²) in [5.41, 5.74) is -0.697. The zero-order chi connectivity index (χ0) is 15.4. The van der Waals surface area contributed by atoms with Crippen molar-refractivity contribution in [3.63, 3.8) is 0 Å². The molecule has 112 valence electrons. The molecule has 2 N–H and O–H groups in total. The predicted molar refractivity (Wildman–Crippen MR) is 71.3 cm³/mol. The first kappa shape index (κ1) is 14.8. The summed E-state index contributed by atoms with van der Waals surface area (Å²) in [6.45, 7) is 0.263. The van der Waals surface area contributed by atoms with Crippen molar-refractivity contribution in [3.8, 4) is 5.75 Å². The van der Waals surface area contributed by atoms with E-state index >= 15 is 0 Å². The Morgan fingerprint density at radius 3 is 2.71 bits per heavy atom. The normalized spacial score (nSPS) is 13.5. The number of carboxylic acids is 1.